The Morgan fingerprint density at radius 2 is 1.75 bits per heavy atom. The fraction of sp³-hybridized carbons (Fsp3) is 0.0526. The Labute approximate surface area is 148 Å². The molecule has 3 rings (SSSR count). The fourth-order valence-electron chi connectivity index (χ4n) is 2.25. The molecule has 0 fully saturated rings. The van der Waals surface area contributed by atoms with Gasteiger partial charge in [-0.1, -0.05) is 58.4 Å². The van der Waals surface area contributed by atoms with Crippen molar-refractivity contribution in [1.82, 2.24) is 5.43 Å². The first-order chi connectivity index (χ1) is 11.7. The predicted octanol–water partition coefficient (Wildman–Crippen LogP) is 4.16. The van der Waals surface area contributed by atoms with Crippen LogP contribution in [0.2, 0.25) is 0 Å². The molecule has 24 heavy (non-hydrogen) atoms. The Kier molecular flexibility index (Phi) is 5.23. The summed E-state index contributed by atoms with van der Waals surface area (Å²) in [4.78, 5) is 11.8. The van der Waals surface area contributed by atoms with Crippen molar-refractivity contribution in [1.29, 1.82) is 0 Å². The molecule has 3 aromatic carbocycles. The van der Waals surface area contributed by atoms with Gasteiger partial charge in [0.05, 0.1) is 12.8 Å². The number of carbonyl (C=O) groups is 1. The normalized spacial score (nSPS) is 10.9. The number of nitrogens with zero attached hydrogens (tertiary/aromatic N) is 1. The van der Waals surface area contributed by atoms with Gasteiger partial charge in [0.25, 0.3) is 5.91 Å². The maximum absolute atomic E-state index is 11.8. The Hall–Kier alpha value is -2.66. The van der Waals surface area contributed by atoms with E-state index in [1.165, 1.54) is 5.39 Å². The first-order valence-corrected chi connectivity index (χ1v) is 8.30. The number of hydrazone groups is 1. The Morgan fingerprint density at radius 3 is 2.54 bits per heavy atom. The van der Waals surface area contributed by atoms with E-state index in [-0.39, 0.29) is 12.5 Å². The molecule has 0 aliphatic heterocycles. The van der Waals surface area contributed by atoms with Crippen LogP contribution in [0.25, 0.3) is 10.8 Å². The minimum absolute atomic E-state index is 0.163. The van der Waals surface area contributed by atoms with E-state index < -0.39 is 0 Å². The summed E-state index contributed by atoms with van der Waals surface area (Å²) >= 11 is 3.37. The molecule has 0 saturated heterocycles. The predicted molar refractivity (Wildman–Crippen MR) is 102 cm³/mol. The lowest BCUT2D eigenvalue weighted by atomic mass is 10.1. The van der Waals surface area contributed by atoms with Crippen LogP contribution >= 0.6 is 15.9 Å². The number of nitrogens with one attached hydrogen (secondary N) is 2. The second-order valence-electron chi connectivity index (χ2n) is 5.26. The maximum Gasteiger partial charge on any atom is 0.259 e. The largest absolute Gasteiger partial charge is 0.376 e. The van der Waals surface area contributed by atoms with Gasteiger partial charge in [0.1, 0.15) is 0 Å². The summed E-state index contributed by atoms with van der Waals surface area (Å²) in [5.41, 5.74) is 4.33. The van der Waals surface area contributed by atoms with Gasteiger partial charge in [-0.05, 0) is 40.6 Å². The van der Waals surface area contributed by atoms with E-state index in [4.69, 9.17) is 0 Å². The van der Waals surface area contributed by atoms with Gasteiger partial charge in [-0.3, -0.25) is 4.79 Å². The Bertz CT molecular complexity index is 875. The highest BCUT2D eigenvalue weighted by Crippen LogP contribution is 2.18. The summed E-state index contributed by atoms with van der Waals surface area (Å²) in [6, 6.07) is 21.8. The molecule has 0 heterocycles. The smallest absolute Gasteiger partial charge is 0.259 e. The zero-order chi connectivity index (χ0) is 16.8. The molecule has 1 amide bonds. The molecule has 3 aromatic rings. The van der Waals surface area contributed by atoms with Gasteiger partial charge >= 0.3 is 0 Å². The minimum atomic E-state index is -0.198. The summed E-state index contributed by atoms with van der Waals surface area (Å²) in [6.45, 7) is 0.163. The Morgan fingerprint density at radius 1 is 1.00 bits per heavy atom. The van der Waals surface area contributed by atoms with E-state index in [9.17, 15) is 4.79 Å². The Balaban J connectivity index is 1.52. The van der Waals surface area contributed by atoms with Crippen LogP contribution in [0, 0.1) is 0 Å². The second kappa shape index (κ2) is 7.75. The van der Waals surface area contributed by atoms with Crippen molar-refractivity contribution in [3.05, 3.63) is 76.8 Å². The highest BCUT2D eigenvalue weighted by atomic mass is 79.9. The highest BCUT2D eigenvalue weighted by molar-refractivity contribution is 9.10. The molecule has 0 saturated carbocycles. The fourth-order valence-corrected chi connectivity index (χ4v) is 2.51. The first-order valence-electron chi connectivity index (χ1n) is 7.51. The summed E-state index contributed by atoms with van der Waals surface area (Å²) in [5, 5.41) is 9.36. The standard InChI is InChI=1S/C19H16BrN3O/c20-17-8-5-14(6-9-17)12-22-23-19(24)13-21-18-10-7-15-3-1-2-4-16(15)11-18/h1-12,21H,13H2,(H,23,24)/b22-12-. The third kappa shape index (κ3) is 4.43. The van der Waals surface area contributed by atoms with E-state index in [1.807, 2.05) is 60.7 Å². The molecular weight excluding hydrogens is 366 g/mol. The lowest BCUT2D eigenvalue weighted by Gasteiger charge is -2.06. The van der Waals surface area contributed by atoms with E-state index in [2.05, 4.69) is 37.8 Å². The second-order valence-corrected chi connectivity index (χ2v) is 6.18. The lowest BCUT2D eigenvalue weighted by Crippen LogP contribution is -2.25. The minimum Gasteiger partial charge on any atom is -0.376 e. The molecule has 2 N–H and O–H groups in total. The van der Waals surface area contributed by atoms with Crippen LogP contribution in [-0.2, 0) is 4.79 Å². The average molecular weight is 382 g/mol. The van der Waals surface area contributed by atoms with Crippen LogP contribution in [0.5, 0.6) is 0 Å². The molecule has 0 spiro atoms. The van der Waals surface area contributed by atoms with Gasteiger partial charge in [0.2, 0.25) is 0 Å². The third-order valence-electron chi connectivity index (χ3n) is 3.48. The van der Waals surface area contributed by atoms with Gasteiger partial charge in [0, 0.05) is 10.2 Å². The van der Waals surface area contributed by atoms with E-state index in [1.54, 1.807) is 6.21 Å². The lowest BCUT2D eigenvalue weighted by molar-refractivity contribution is -0.119. The molecule has 0 unspecified atom stereocenters. The number of anilines is 1. The van der Waals surface area contributed by atoms with Crippen molar-refractivity contribution in [2.24, 2.45) is 5.10 Å². The van der Waals surface area contributed by atoms with Crippen molar-refractivity contribution >= 4 is 44.5 Å². The summed E-state index contributed by atoms with van der Waals surface area (Å²) in [6.07, 6.45) is 1.61. The molecule has 0 atom stereocenters. The van der Waals surface area contributed by atoms with E-state index >= 15 is 0 Å². The number of benzene rings is 3. The van der Waals surface area contributed by atoms with Crippen LogP contribution in [0.3, 0.4) is 0 Å². The zero-order valence-electron chi connectivity index (χ0n) is 12.9. The molecule has 0 aliphatic carbocycles. The number of rotatable bonds is 5. The molecule has 0 aromatic heterocycles. The summed E-state index contributed by atoms with van der Waals surface area (Å²) in [5.74, 6) is -0.198. The van der Waals surface area contributed by atoms with E-state index in [0.29, 0.717) is 0 Å². The molecule has 0 bridgehead atoms. The van der Waals surface area contributed by atoms with Crippen molar-refractivity contribution in [2.75, 3.05) is 11.9 Å². The molecule has 4 nitrogen and oxygen atoms in total. The third-order valence-corrected chi connectivity index (χ3v) is 4.00. The number of hydrogen-bond donors (Lipinski definition) is 2. The van der Waals surface area contributed by atoms with Crippen LogP contribution in [0.15, 0.2) is 76.3 Å². The van der Waals surface area contributed by atoms with E-state index in [0.717, 1.165) is 21.1 Å². The molecular formula is C19H16BrN3O. The molecule has 5 heteroatoms. The summed E-state index contributed by atoms with van der Waals surface area (Å²) < 4.78 is 1.00. The number of halogens is 1. The van der Waals surface area contributed by atoms with Crippen LogP contribution in [-0.4, -0.2) is 18.7 Å². The topological polar surface area (TPSA) is 53.5 Å². The van der Waals surface area contributed by atoms with Crippen LogP contribution in [0.4, 0.5) is 5.69 Å². The molecule has 120 valence electrons. The number of hydrogen-bond acceptors (Lipinski definition) is 3. The van der Waals surface area contributed by atoms with Crippen molar-refractivity contribution in [2.45, 2.75) is 0 Å². The SMILES string of the molecule is O=C(CNc1ccc2ccccc2c1)N/N=C\c1ccc(Br)cc1. The first kappa shape index (κ1) is 16.2. The van der Waals surface area contributed by atoms with Gasteiger partial charge in [0.15, 0.2) is 0 Å². The van der Waals surface area contributed by atoms with Gasteiger partial charge in [-0.2, -0.15) is 5.10 Å². The van der Waals surface area contributed by atoms with Crippen molar-refractivity contribution in [3.63, 3.8) is 0 Å². The monoisotopic (exact) mass is 381 g/mol. The van der Waals surface area contributed by atoms with Crippen molar-refractivity contribution in [3.8, 4) is 0 Å². The summed E-state index contributed by atoms with van der Waals surface area (Å²) in [7, 11) is 0. The van der Waals surface area contributed by atoms with Crippen LogP contribution < -0.4 is 10.7 Å². The highest BCUT2D eigenvalue weighted by Gasteiger charge is 2.00. The quantitative estimate of drug-likeness (QED) is 0.514. The van der Waals surface area contributed by atoms with Crippen LogP contribution in [0.1, 0.15) is 5.56 Å². The zero-order valence-corrected chi connectivity index (χ0v) is 14.5. The molecule has 0 radical (unpaired) electrons. The number of fused-ring (bicyclic) bond motifs is 1. The van der Waals surface area contributed by atoms with Crippen molar-refractivity contribution < 1.29 is 4.79 Å². The van der Waals surface area contributed by atoms with Gasteiger partial charge < -0.3 is 5.32 Å². The number of carbonyl (C=O) groups excluding carboxylic acids is 1. The maximum atomic E-state index is 11.8. The van der Waals surface area contributed by atoms with Gasteiger partial charge in [-0.25, -0.2) is 5.43 Å². The average Bonchev–Trinajstić information content (AvgIpc) is 2.61. The van der Waals surface area contributed by atoms with Gasteiger partial charge in [-0.15, -0.1) is 0 Å². The number of amides is 1. The molecule has 0 aliphatic rings.